The van der Waals surface area contributed by atoms with Gasteiger partial charge in [-0.1, -0.05) is 6.92 Å². The predicted molar refractivity (Wildman–Crippen MR) is 151 cm³/mol. The first-order valence-electron chi connectivity index (χ1n) is 13.3. The SMILES string of the molecule is C/C=N\N1C=CC(Oc2ccc(Nc3ncnc4cc5c(nc34)N3CCOCC3CO5)c(F)c2)=C/C1=C(\C)CC. The number of fused-ring (bicyclic) bond motifs is 4. The van der Waals surface area contributed by atoms with Gasteiger partial charge in [-0.3, -0.25) is 0 Å². The molecule has 1 unspecified atom stereocenters. The number of ether oxygens (including phenoxy) is 3. The monoisotopic (exact) mass is 543 g/mol. The van der Waals surface area contributed by atoms with E-state index in [1.807, 2.05) is 25.3 Å². The van der Waals surface area contributed by atoms with Gasteiger partial charge in [0.1, 0.15) is 35.8 Å². The summed E-state index contributed by atoms with van der Waals surface area (Å²) in [6, 6.07) is 6.62. The van der Waals surface area contributed by atoms with Crippen LogP contribution in [-0.4, -0.2) is 58.6 Å². The molecule has 5 heterocycles. The first kappa shape index (κ1) is 25.8. The maximum atomic E-state index is 15.3. The number of hydrogen-bond donors (Lipinski definition) is 1. The zero-order chi connectivity index (χ0) is 27.6. The molecular weight excluding hydrogens is 513 g/mol. The largest absolute Gasteiger partial charge is 0.487 e. The van der Waals surface area contributed by atoms with Gasteiger partial charge in [-0.05, 0) is 44.1 Å². The van der Waals surface area contributed by atoms with Gasteiger partial charge in [0.15, 0.2) is 17.4 Å². The van der Waals surface area contributed by atoms with E-state index in [2.05, 4.69) is 39.1 Å². The third-order valence-electron chi connectivity index (χ3n) is 7.03. The Morgan fingerprint density at radius 3 is 3.00 bits per heavy atom. The number of halogens is 1. The molecule has 3 aliphatic heterocycles. The van der Waals surface area contributed by atoms with E-state index in [-0.39, 0.29) is 11.7 Å². The number of hydrogen-bond acceptors (Lipinski definition) is 10. The third-order valence-corrected chi connectivity index (χ3v) is 7.03. The van der Waals surface area contributed by atoms with Crippen LogP contribution in [0, 0.1) is 5.82 Å². The Bertz CT molecular complexity index is 1570. The highest BCUT2D eigenvalue weighted by atomic mass is 19.1. The lowest BCUT2D eigenvalue weighted by atomic mass is 10.1. The Balaban J connectivity index is 1.25. The topological polar surface area (TPSA) is 97.2 Å². The van der Waals surface area contributed by atoms with Crippen molar-refractivity contribution in [1.29, 1.82) is 0 Å². The zero-order valence-corrected chi connectivity index (χ0v) is 22.6. The Morgan fingerprint density at radius 2 is 2.17 bits per heavy atom. The molecule has 1 atom stereocenters. The van der Waals surface area contributed by atoms with E-state index >= 15 is 4.39 Å². The van der Waals surface area contributed by atoms with Crippen molar-refractivity contribution in [3.63, 3.8) is 0 Å². The van der Waals surface area contributed by atoms with Crippen LogP contribution in [0.2, 0.25) is 0 Å². The number of hydrazone groups is 1. The number of allylic oxidation sites excluding steroid dienone is 3. The molecule has 1 aromatic carbocycles. The Morgan fingerprint density at radius 1 is 1.27 bits per heavy atom. The number of pyridine rings is 1. The van der Waals surface area contributed by atoms with E-state index in [4.69, 9.17) is 19.2 Å². The van der Waals surface area contributed by atoms with E-state index in [0.717, 1.165) is 30.1 Å². The van der Waals surface area contributed by atoms with Crippen LogP contribution in [0.25, 0.3) is 11.0 Å². The molecule has 0 radical (unpaired) electrons. The van der Waals surface area contributed by atoms with Crippen LogP contribution in [0.1, 0.15) is 27.2 Å². The Labute approximate surface area is 231 Å². The van der Waals surface area contributed by atoms with Crippen molar-refractivity contribution in [3.05, 3.63) is 71.8 Å². The molecule has 0 amide bonds. The van der Waals surface area contributed by atoms with Gasteiger partial charge in [-0.2, -0.15) is 5.10 Å². The maximum Gasteiger partial charge on any atom is 0.172 e. The van der Waals surface area contributed by atoms with E-state index in [9.17, 15) is 0 Å². The molecule has 1 fully saturated rings. The van der Waals surface area contributed by atoms with Crippen molar-refractivity contribution < 1.29 is 18.6 Å². The quantitative estimate of drug-likeness (QED) is 0.416. The summed E-state index contributed by atoms with van der Waals surface area (Å²) in [7, 11) is 0. The summed E-state index contributed by atoms with van der Waals surface area (Å²) in [4.78, 5) is 15.8. The van der Waals surface area contributed by atoms with Crippen molar-refractivity contribution in [1.82, 2.24) is 20.0 Å². The fourth-order valence-corrected chi connectivity index (χ4v) is 4.81. The Hall–Kier alpha value is -4.51. The normalized spacial score (nSPS) is 19.7. The van der Waals surface area contributed by atoms with Gasteiger partial charge >= 0.3 is 0 Å². The van der Waals surface area contributed by atoms with Crippen LogP contribution in [0.4, 0.5) is 21.7 Å². The van der Waals surface area contributed by atoms with Crippen LogP contribution in [0.3, 0.4) is 0 Å². The number of nitrogens with zero attached hydrogens (tertiary/aromatic N) is 6. The van der Waals surface area contributed by atoms with E-state index in [0.29, 0.717) is 53.9 Å². The smallest absolute Gasteiger partial charge is 0.172 e. The highest BCUT2D eigenvalue weighted by Crippen LogP contribution is 2.37. The van der Waals surface area contributed by atoms with Crippen molar-refractivity contribution >= 4 is 34.6 Å². The second-order valence-corrected chi connectivity index (χ2v) is 9.60. The minimum Gasteiger partial charge on any atom is -0.487 e. The van der Waals surface area contributed by atoms with Crippen LogP contribution in [0.5, 0.6) is 11.5 Å². The molecule has 10 nitrogen and oxygen atoms in total. The summed E-state index contributed by atoms with van der Waals surface area (Å²) in [5, 5.41) is 9.25. The molecule has 11 heteroatoms. The maximum absolute atomic E-state index is 15.3. The predicted octanol–water partition coefficient (Wildman–Crippen LogP) is 5.29. The van der Waals surface area contributed by atoms with Crippen molar-refractivity contribution in [2.24, 2.45) is 5.10 Å². The van der Waals surface area contributed by atoms with Crippen LogP contribution >= 0.6 is 0 Å². The molecule has 0 bridgehead atoms. The summed E-state index contributed by atoms with van der Waals surface area (Å²) < 4.78 is 32.8. The zero-order valence-electron chi connectivity index (χ0n) is 22.6. The summed E-state index contributed by atoms with van der Waals surface area (Å²) in [6.45, 7) is 8.46. The highest BCUT2D eigenvalue weighted by Gasteiger charge is 2.32. The minimum atomic E-state index is -0.489. The second-order valence-electron chi connectivity index (χ2n) is 9.60. The van der Waals surface area contributed by atoms with Gasteiger partial charge in [-0.25, -0.2) is 24.4 Å². The number of benzene rings is 1. The van der Waals surface area contributed by atoms with Gasteiger partial charge in [0.2, 0.25) is 0 Å². The average Bonchev–Trinajstić information content (AvgIpc) is 2.98. The molecule has 0 aliphatic carbocycles. The number of aromatic nitrogens is 3. The van der Waals surface area contributed by atoms with Gasteiger partial charge in [0.25, 0.3) is 0 Å². The molecule has 3 aliphatic rings. The van der Waals surface area contributed by atoms with Crippen LogP contribution in [0.15, 0.2) is 71.1 Å². The minimum absolute atomic E-state index is 0.103. The molecule has 0 spiro atoms. The fourth-order valence-electron chi connectivity index (χ4n) is 4.81. The molecule has 1 N–H and O–H groups in total. The van der Waals surface area contributed by atoms with E-state index < -0.39 is 5.82 Å². The fraction of sp³-hybridized carbons (Fsp3) is 0.310. The first-order chi connectivity index (χ1) is 19.5. The van der Waals surface area contributed by atoms with Crippen LogP contribution < -0.4 is 19.7 Å². The second kappa shape index (κ2) is 10.9. The molecule has 3 aromatic rings. The Kier molecular flexibility index (Phi) is 7.04. The third kappa shape index (κ3) is 4.95. The molecule has 206 valence electrons. The molecule has 40 heavy (non-hydrogen) atoms. The molecule has 6 rings (SSSR count). The molecule has 2 aromatic heterocycles. The number of anilines is 3. The summed E-state index contributed by atoms with van der Waals surface area (Å²) in [6.07, 6.45) is 9.54. The van der Waals surface area contributed by atoms with Gasteiger partial charge in [0.05, 0.1) is 36.2 Å². The summed E-state index contributed by atoms with van der Waals surface area (Å²) in [5.74, 6) is 2.26. The van der Waals surface area contributed by atoms with Gasteiger partial charge in [0, 0.05) is 37.2 Å². The van der Waals surface area contributed by atoms with E-state index in [1.165, 1.54) is 12.4 Å². The van der Waals surface area contributed by atoms with Crippen molar-refractivity contribution in [2.75, 3.05) is 36.6 Å². The molecule has 0 saturated carbocycles. The van der Waals surface area contributed by atoms with Gasteiger partial charge in [-0.15, -0.1) is 0 Å². The molecular formula is C29H30FN7O3. The summed E-state index contributed by atoms with van der Waals surface area (Å²) >= 11 is 0. The lowest BCUT2D eigenvalue weighted by Crippen LogP contribution is -2.51. The van der Waals surface area contributed by atoms with E-state index in [1.54, 1.807) is 29.4 Å². The number of nitrogens with one attached hydrogen (secondary N) is 1. The standard InChI is InChI=1S/C29H30FN7O3/c1-4-18(3)25-13-21(8-9-37(25)33-5-2)40-20-6-7-23(22(30)12-20)34-28-27-24(31-17-32-28)14-26-29(35-27)36-10-11-38-15-19(36)16-39-26/h5-9,12-14,17,19H,4,10-11,15-16H2,1-3H3,(H,31,32,34)/b25-18-,33-5-. The van der Waals surface area contributed by atoms with Crippen LogP contribution in [-0.2, 0) is 4.74 Å². The number of rotatable bonds is 6. The lowest BCUT2D eigenvalue weighted by Gasteiger charge is -2.40. The summed E-state index contributed by atoms with van der Waals surface area (Å²) in [5.41, 5.74) is 3.46. The first-order valence-corrected chi connectivity index (χ1v) is 13.3. The van der Waals surface area contributed by atoms with Crippen molar-refractivity contribution in [2.45, 2.75) is 33.2 Å². The highest BCUT2D eigenvalue weighted by molar-refractivity contribution is 5.90. The number of morpholine rings is 1. The lowest BCUT2D eigenvalue weighted by molar-refractivity contribution is 0.0698. The van der Waals surface area contributed by atoms with Gasteiger partial charge < -0.3 is 24.4 Å². The molecule has 1 saturated heterocycles. The average molecular weight is 544 g/mol. The van der Waals surface area contributed by atoms with Crippen molar-refractivity contribution in [3.8, 4) is 11.5 Å².